The Labute approximate surface area is 226 Å². The van der Waals surface area contributed by atoms with Crippen LogP contribution >= 0.6 is 11.6 Å². The molecule has 0 amide bonds. The molecule has 2 heterocycles. The van der Waals surface area contributed by atoms with Gasteiger partial charge in [0, 0.05) is 22.6 Å². The molecule has 0 bridgehead atoms. The first-order chi connectivity index (χ1) is 18.4. The van der Waals surface area contributed by atoms with Gasteiger partial charge in [-0.1, -0.05) is 23.7 Å². The normalized spacial score (nSPS) is 16.7. The molecular weight excluding hydrogens is 512 g/mol. The number of carbonyl (C=O) groups is 1. The minimum atomic E-state index is -0.664. The minimum Gasteiger partial charge on any atom is -0.493 e. The Balaban J connectivity index is 1.70. The lowest BCUT2D eigenvalue weighted by atomic mass is 9.98. The largest absolute Gasteiger partial charge is 0.493 e. The Morgan fingerprint density at radius 2 is 2.00 bits per heavy atom. The van der Waals surface area contributed by atoms with Crippen LogP contribution in [-0.2, 0) is 27.1 Å². The summed E-state index contributed by atoms with van der Waals surface area (Å²) in [6, 6.07) is 10.9. The van der Waals surface area contributed by atoms with Crippen molar-refractivity contribution in [2.45, 2.75) is 45.3 Å². The minimum absolute atomic E-state index is 0.202. The van der Waals surface area contributed by atoms with Gasteiger partial charge in [-0.3, -0.25) is 4.79 Å². The monoisotopic (exact) mass is 542 g/mol. The van der Waals surface area contributed by atoms with E-state index in [2.05, 4.69) is 10.4 Å². The van der Waals surface area contributed by atoms with Gasteiger partial charge in [-0.15, -0.1) is 0 Å². The zero-order valence-electron chi connectivity index (χ0n) is 21.7. The molecule has 0 aliphatic carbocycles. The number of nitrogens with two attached hydrogens (primary N) is 1. The number of aryl methyl sites for hydroxylation is 2. The molecule has 4 rings (SSSR count). The third-order valence-electron chi connectivity index (χ3n) is 6.14. The van der Waals surface area contributed by atoms with Crippen LogP contribution in [0.1, 0.15) is 47.9 Å². The fraction of sp³-hybridized carbons (Fsp3) is 0.370. The van der Waals surface area contributed by atoms with Crippen molar-refractivity contribution in [3.63, 3.8) is 0 Å². The smallest absolute Gasteiger partial charge is 0.306 e. The number of oxazole rings is 1. The van der Waals surface area contributed by atoms with Gasteiger partial charge in [-0.2, -0.15) is 0 Å². The maximum atomic E-state index is 11.8. The van der Waals surface area contributed by atoms with E-state index < -0.39 is 12.2 Å². The molecule has 1 aliphatic heterocycles. The van der Waals surface area contributed by atoms with Crippen LogP contribution in [0.5, 0.6) is 11.5 Å². The van der Waals surface area contributed by atoms with Crippen LogP contribution in [0.4, 0.5) is 5.69 Å². The fourth-order valence-electron chi connectivity index (χ4n) is 4.39. The lowest BCUT2D eigenvalue weighted by Gasteiger charge is -2.25. The third-order valence-corrected chi connectivity index (χ3v) is 6.38. The van der Waals surface area contributed by atoms with Gasteiger partial charge >= 0.3 is 5.97 Å². The number of hydrogen-bond donors (Lipinski definition) is 2. The first kappa shape index (κ1) is 27.4. The molecule has 0 radical (unpaired) electrons. The highest BCUT2D eigenvalue weighted by Crippen LogP contribution is 2.44. The van der Waals surface area contributed by atoms with E-state index in [9.17, 15) is 4.79 Å². The van der Waals surface area contributed by atoms with E-state index in [0.717, 1.165) is 11.1 Å². The summed E-state index contributed by atoms with van der Waals surface area (Å²) in [5, 5.41) is 0.532. The standard InChI is InChI=1S/C27H31ClN4O6/c1-5-36-24(33)12-11-20-15(2)30-23(37-20)14-22-27(32-29)31-19-10-9-16(28)13-18(19)25(38-22)17-7-6-8-21(34-3)26(17)35-4/h6-10,13,22,25H,5,11-12,14,29H2,1-4H3,(H,31,32)/t22-,25-/m0/s1. The van der Waals surface area contributed by atoms with Gasteiger partial charge in [0.1, 0.15) is 23.8 Å². The zero-order valence-corrected chi connectivity index (χ0v) is 22.5. The van der Waals surface area contributed by atoms with Crippen LogP contribution in [0, 0.1) is 6.92 Å². The molecular formula is C27H31ClN4O6. The van der Waals surface area contributed by atoms with Crippen molar-refractivity contribution >= 4 is 29.1 Å². The molecule has 202 valence electrons. The Kier molecular flexibility index (Phi) is 8.88. The molecule has 3 aromatic rings. The van der Waals surface area contributed by atoms with E-state index in [1.165, 1.54) is 0 Å². The highest BCUT2D eigenvalue weighted by molar-refractivity contribution is 6.30. The molecule has 0 spiro atoms. The Morgan fingerprint density at radius 1 is 1.18 bits per heavy atom. The number of aromatic nitrogens is 1. The van der Waals surface area contributed by atoms with Crippen LogP contribution < -0.4 is 20.7 Å². The first-order valence-corrected chi connectivity index (χ1v) is 12.6. The number of hydrazine groups is 1. The number of benzene rings is 2. The van der Waals surface area contributed by atoms with Gasteiger partial charge in [0.05, 0.1) is 45.0 Å². The van der Waals surface area contributed by atoms with Crippen molar-refractivity contribution in [1.82, 2.24) is 10.4 Å². The van der Waals surface area contributed by atoms with Crippen LogP contribution in [0.2, 0.25) is 5.02 Å². The number of carbonyl (C=O) groups excluding carboxylic acids is 1. The molecule has 10 nitrogen and oxygen atoms in total. The lowest BCUT2D eigenvalue weighted by Crippen LogP contribution is -2.41. The van der Waals surface area contributed by atoms with Crippen LogP contribution in [0.3, 0.4) is 0 Å². The Hall–Kier alpha value is -3.60. The number of halogens is 1. The Bertz CT molecular complexity index is 1320. The second-order valence-corrected chi connectivity index (χ2v) is 8.99. The van der Waals surface area contributed by atoms with Gasteiger partial charge in [-0.05, 0) is 38.1 Å². The van der Waals surface area contributed by atoms with Gasteiger partial charge in [-0.25, -0.2) is 15.8 Å². The second kappa shape index (κ2) is 12.3. The lowest BCUT2D eigenvalue weighted by molar-refractivity contribution is -0.143. The molecule has 0 unspecified atom stereocenters. The molecule has 0 fully saturated rings. The van der Waals surface area contributed by atoms with Crippen LogP contribution in [-0.4, -0.2) is 43.7 Å². The molecule has 3 N–H and O–H groups in total. The van der Waals surface area contributed by atoms with E-state index in [-0.39, 0.29) is 18.8 Å². The summed E-state index contributed by atoms with van der Waals surface area (Å²) in [6.45, 7) is 3.94. The van der Waals surface area contributed by atoms with Gasteiger partial charge in [0.2, 0.25) is 0 Å². The van der Waals surface area contributed by atoms with Crippen molar-refractivity contribution in [2.24, 2.45) is 10.8 Å². The van der Waals surface area contributed by atoms with E-state index >= 15 is 0 Å². The summed E-state index contributed by atoms with van der Waals surface area (Å²) < 4.78 is 28.9. The molecule has 11 heteroatoms. The average molecular weight is 543 g/mol. The number of nitrogens with zero attached hydrogens (tertiary/aromatic N) is 2. The maximum absolute atomic E-state index is 11.8. The Morgan fingerprint density at radius 3 is 2.71 bits per heavy atom. The van der Waals surface area contributed by atoms with Gasteiger partial charge in [0.15, 0.2) is 17.4 Å². The van der Waals surface area contributed by atoms with Crippen LogP contribution in [0.25, 0.3) is 0 Å². The summed E-state index contributed by atoms with van der Waals surface area (Å²) in [6.07, 6.45) is -0.481. The van der Waals surface area contributed by atoms with E-state index in [1.807, 2.05) is 37.3 Å². The number of rotatable bonds is 9. The molecule has 0 saturated heterocycles. The summed E-state index contributed by atoms with van der Waals surface area (Å²) in [5.74, 6) is 8.13. The number of amidine groups is 1. The number of hydrogen-bond acceptors (Lipinski definition) is 10. The van der Waals surface area contributed by atoms with Crippen molar-refractivity contribution in [2.75, 3.05) is 20.8 Å². The molecule has 1 aliphatic rings. The van der Waals surface area contributed by atoms with Gasteiger partial charge < -0.3 is 28.8 Å². The highest BCUT2D eigenvalue weighted by atomic mass is 35.5. The predicted molar refractivity (Wildman–Crippen MR) is 142 cm³/mol. The predicted octanol–water partition coefficient (Wildman–Crippen LogP) is 4.37. The summed E-state index contributed by atoms with van der Waals surface area (Å²) >= 11 is 6.39. The van der Waals surface area contributed by atoms with Crippen molar-refractivity contribution in [3.05, 3.63) is 69.9 Å². The number of aliphatic imine (C=N–C) groups is 1. The zero-order chi connectivity index (χ0) is 27.2. The number of para-hydroxylation sites is 1. The van der Waals surface area contributed by atoms with Crippen molar-refractivity contribution in [3.8, 4) is 11.5 Å². The fourth-order valence-corrected chi connectivity index (χ4v) is 4.57. The second-order valence-electron chi connectivity index (χ2n) is 8.56. The van der Waals surface area contributed by atoms with Crippen molar-refractivity contribution in [1.29, 1.82) is 0 Å². The average Bonchev–Trinajstić information content (AvgIpc) is 3.19. The third kappa shape index (κ3) is 5.93. The number of esters is 1. The SMILES string of the molecule is CCOC(=O)CCc1oc(C[C@@H]2O[C@@H](c3cccc(OC)c3OC)c3cc(Cl)ccc3N=C2NN)nc1C. The molecule has 1 aromatic heterocycles. The van der Waals surface area contributed by atoms with E-state index in [1.54, 1.807) is 27.2 Å². The molecule has 2 atom stereocenters. The summed E-state index contributed by atoms with van der Waals surface area (Å²) in [4.78, 5) is 21.1. The number of methoxy groups -OCH3 is 2. The van der Waals surface area contributed by atoms with Gasteiger partial charge in [0.25, 0.3) is 0 Å². The molecule has 0 saturated carbocycles. The number of fused-ring (bicyclic) bond motifs is 1. The summed E-state index contributed by atoms with van der Waals surface area (Å²) in [5.41, 5.74) is 5.47. The number of ether oxygens (including phenoxy) is 4. The summed E-state index contributed by atoms with van der Waals surface area (Å²) in [7, 11) is 3.15. The quantitative estimate of drug-likeness (QED) is 0.230. The first-order valence-electron chi connectivity index (χ1n) is 12.2. The number of nitrogens with one attached hydrogen (secondary N) is 1. The van der Waals surface area contributed by atoms with Crippen LogP contribution in [0.15, 0.2) is 45.8 Å². The molecule has 38 heavy (non-hydrogen) atoms. The van der Waals surface area contributed by atoms with Crippen molar-refractivity contribution < 1.29 is 28.2 Å². The highest BCUT2D eigenvalue weighted by Gasteiger charge is 2.33. The maximum Gasteiger partial charge on any atom is 0.306 e. The van der Waals surface area contributed by atoms with E-state index in [0.29, 0.717) is 58.4 Å². The topological polar surface area (TPSA) is 130 Å². The molecule has 2 aromatic carbocycles. The van der Waals surface area contributed by atoms with E-state index in [4.69, 9.17) is 45.8 Å².